The lowest BCUT2D eigenvalue weighted by atomic mass is 10.1. The van der Waals surface area contributed by atoms with Crippen molar-refractivity contribution < 1.29 is 22.4 Å². The molecule has 0 amide bonds. The Kier molecular flexibility index (Phi) is 4.82. The number of benzene rings is 1. The van der Waals surface area contributed by atoms with E-state index in [2.05, 4.69) is 0 Å². The zero-order valence-corrected chi connectivity index (χ0v) is 9.93. The minimum Gasteiger partial charge on any atom is -0.298 e. The molecule has 1 aromatic rings. The lowest BCUT2D eigenvalue weighted by molar-refractivity contribution is -0.116. The van der Waals surface area contributed by atoms with Gasteiger partial charge in [0.1, 0.15) is 5.82 Å². The Labute approximate surface area is 104 Å². The van der Waals surface area contributed by atoms with E-state index in [0.717, 1.165) is 18.2 Å². The molecular weight excluding hydrogens is 280 g/mol. The van der Waals surface area contributed by atoms with Gasteiger partial charge in [0, 0.05) is 11.3 Å². The Morgan fingerprint density at radius 1 is 1.35 bits per heavy atom. The second kappa shape index (κ2) is 5.73. The normalized spacial score (nSPS) is 11.6. The van der Waals surface area contributed by atoms with Crippen molar-refractivity contribution in [3.63, 3.8) is 0 Å². The second-order valence-corrected chi connectivity index (χ2v) is 4.52. The summed E-state index contributed by atoms with van der Waals surface area (Å²) < 4.78 is 49.5. The van der Waals surface area contributed by atoms with E-state index < -0.39 is 17.1 Å². The SMILES string of the molecule is O=C(CCl)Cc1cc(F)ccc1SC(F)(F)F. The molecule has 94 valence electrons. The number of halogens is 5. The summed E-state index contributed by atoms with van der Waals surface area (Å²) in [5, 5.41) is 0. The molecule has 0 spiro atoms. The van der Waals surface area contributed by atoms with Gasteiger partial charge in [-0.3, -0.25) is 4.79 Å². The monoisotopic (exact) mass is 286 g/mol. The van der Waals surface area contributed by atoms with Gasteiger partial charge in [-0.25, -0.2) is 4.39 Å². The smallest absolute Gasteiger partial charge is 0.298 e. The fourth-order valence-electron chi connectivity index (χ4n) is 1.17. The van der Waals surface area contributed by atoms with Crippen LogP contribution in [0.5, 0.6) is 0 Å². The van der Waals surface area contributed by atoms with E-state index in [-0.39, 0.29) is 34.5 Å². The van der Waals surface area contributed by atoms with Gasteiger partial charge in [-0.1, -0.05) is 0 Å². The summed E-state index contributed by atoms with van der Waals surface area (Å²) >= 11 is 4.88. The Morgan fingerprint density at radius 2 is 2.00 bits per heavy atom. The molecule has 0 unspecified atom stereocenters. The molecule has 0 atom stereocenters. The van der Waals surface area contributed by atoms with Crippen molar-refractivity contribution in [2.75, 3.05) is 5.88 Å². The van der Waals surface area contributed by atoms with Crippen LogP contribution >= 0.6 is 23.4 Å². The molecular formula is C10H7ClF4OS. The van der Waals surface area contributed by atoms with Gasteiger partial charge in [-0.15, -0.1) is 11.6 Å². The largest absolute Gasteiger partial charge is 0.446 e. The van der Waals surface area contributed by atoms with Gasteiger partial charge < -0.3 is 0 Å². The van der Waals surface area contributed by atoms with Gasteiger partial charge in [0.2, 0.25) is 0 Å². The molecule has 0 radical (unpaired) electrons. The number of carbonyl (C=O) groups excluding carboxylic acids is 1. The molecule has 1 nitrogen and oxygen atoms in total. The molecule has 0 bridgehead atoms. The van der Waals surface area contributed by atoms with Crippen molar-refractivity contribution in [2.45, 2.75) is 16.8 Å². The maximum absolute atomic E-state index is 12.9. The Hall–Kier alpha value is -0.750. The van der Waals surface area contributed by atoms with Gasteiger partial charge in [0.15, 0.2) is 5.78 Å². The van der Waals surface area contributed by atoms with E-state index in [1.54, 1.807) is 0 Å². The van der Waals surface area contributed by atoms with Crippen LogP contribution in [0.4, 0.5) is 17.6 Å². The number of alkyl halides is 4. The minimum absolute atomic E-state index is 0.00187. The number of Topliss-reactive ketones (excluding diaryl/α,β-unsaturated/α-hetero) is 1. The van der Waals surface area contributed by atoms with Gasteiger partial charge in [0.25, 0.3) is 0 Å². The molecule has 17 heavy (non-hydrogen) atoms. The molecule has 0 N–H and O–H groups in total. The van der Waals surface area contributed by atoms with Crippen molar-refractivity contribution in [1.29, 1.82) is 0 Å². The number of hydrogen-bond acceptors (Lipinski definition) is 2. The molecule has 1 rings (SSSR count). The Balaban J connectivity index is 2.99. The highest BCUT2D eigenvalue weighted by Crippen LogP contribution is 2.38. The van der Waals surface area contributed by atoms with Crippen molar-refractivity contribution in [1.82, 2.24) is 0 Å². The predicted molar refractivity (Wildman–Crippen MR) is 57.7 cm³/mol. The summed E-state index contributed by atoms with van der Waals surface area (Å²) in [6.45, 7) is 0. The van der Waals surface area contributed by atoms with E-state index in [9.17, 15) is 22.4 Å². The van der Waals surface area contributed by atoms with Gasteiger partial charge >= 0.3 is 5.51 Å². The third-order valence-electron chi connectivity index (χ3n) is 1.78. The predicted octanol–water partition coefficient (Wildman–Crippen LogP) is 3.79. The highest BCUT2D eigenvalue weighted by molar-refractivity contribution is 8.00. The zero-order valence-electron chi connectivity index (χ0n) is 8.35. The molecule has 0 saturated heterocycles. The maximum Gasteiger partial charge on any atom is 0.446 e. The molecule has 1 aromatic carbocycles. The summed E-state index contributed by atoms with van der Waals surface area (Å²) in [7, 11) is 0. The van der Waals surface area contributed by atoms with Crippen molar-refractivity contribution in [3.05, 3.63) is 29.6 Å². The number of ketones is 1. The standard InChI is InChI=1S/C10H7ClF4OS/c11-5-8(16)4-6-3-7(12)1-2-9(6)17-10(13,14)15/h1-3H,4-5H2. The first-order valence-electron chi connectivity index (χ1n) is 4.43. The highest BCUT2D eigenvalue weighted by Gasteiger charge is 2.30. The lowest BCUT2D eigenvalue weighted by Crippen LogP contribution is -2.07. The van der Waals surface area contributed by atoms with Crippen molar-refractivity contribution in [3.8, 4) is 0 Å². The van der Waals surface area contributed by atoms with E-state index in [4.69, 9.17) is 11.6 Å². The second-order valence-electron chi connectivity index (χ2n) is 3.15. The van der Waals surface area contributed by atoms with Crippen LogP contribution in [0.15, 0.2) is 23.1 Å². The van der Waals surface area contributed by atoms with E-state index in [1.165, 1.54) is 0 Å². The summed E-state index contributed by atoms with van der Waals surface area (Å²) in [6, 6.07) is 2.84. The minimum atomic E-state index is -4.48. The molecule has 0 heterocycles. The van der Waals surface area contributed by atoms with Crippen molar-refractivity contribution in [2.24, 2.45) is 0 Å². The summed E-state index contributed by atoms with van der Waals surface area (Å²) in [6.07, 6.45) is -0.306. The van der Waals surface area contributed by atoms with Crippen molar-refractivity contribution >= 4 is 29.1 Å². The van der Waals surface area contributed by atoms with E-state index >= 15 is 0 Å². The first-order valence-corrected chi connectivity index (χ1v) is 5.79. The molecule has 0 aliphatic carbocycles. The third kappa shape index (κ3) is 4.95. The first kappa shape index (κ1) is 14.3. The highest BCUT2D eigenvalue weighted by atomic mass is 35.5. The van der Waals surface area contributed by atoms with E-state index in [0.29, 0.717) is 0 Å². The molecule has 0 aliphatic heterocycles. The van der Waals surface area contributed by atoms with Crippen LogP contribution in [0.3, 0.4) is 0 Å². The van der Waals surface area contributed by atoms with Crippen LogP contribution in [-0.4, -0.2) is 17.2 Å². The summed E-state index contributed by atoms with van der Waals surface area (Å²) in [5.74, 6) is -1.46. The topological polar surface area (TPSA) is 17.1 Å². The fraction of sp³-hybridized carbons (Fsp3) is 0.300. The average Bonchev–Trinajstić information content (AvgIpc) is 2.20. The molecule has 7 heteroatoms. The molecule has 0 saturated carbocycles. The number of hydrogen-bond donors (Lipinski definition) is 0. The van der Waals surface area contributed by atoms with E-state index in [1.807, 2.05) is 0 Å². The Morgan fingerprint density at radius 3 is 2.53 bits per heavy atom. The average molecular weight is 287 g/mol. The summed E-state index contributed by atoms with van der Waals surface area (Å²) in [5.41, 5.74) is -4.48. The lowest BCUT2D eigenvalue weighted by Gasteiger charge is -2.10. The summed E-state index contributed by atoms with van der Waals surface area (Å²) in [4.78, 5) is 10.9. The first-order chi connectivity index (χ1) is 7.81. The quantitative estimate of drug-likeness (QED) is 0.476. The number of rotatable bonds is 4. The molecule has 0 aromatic heterocycles. The fourth-order valence-corrected chi connectivity index (χ4v) is 1.91. The molecule has 0 aliphatic rings. The van der Waals surface area contributed by atoms with Gasteiger partial charge in [-0.2, -0.15) is 13.2 Å². The maximum atomic E-state index is 12.9. The van der Waals surface area contributed by atoms with Gasteiger partial charge in [-0.05, 0) is 35.5 Å². The van der Waals surface area contributed by atoms with Crippen LogP contribution < -0.4 is 0 Å². The number of thioether (sulfide) groups is 1. The van der Waals surface area contributed by atoms with Crippen LogP contribution in [0.1, 0.15) is 5.56 Å². The van der Waals surface area contributed by atoms with Gasteiger partial charge in [0.05, 0.1) is 5.88 Å². The van der Waals surface area contributed by atoms with Crippen LogP contribution in [0, 0.1) is 5.82 Å². The zero-order chi connectivity index (χ0) is 13.1. The van der Waals surface area contributed by atoms with Crippen LogP contribution in [-0.2, 0) is 11.2 Å². The Bertz CT molecular complexity index is 419. The van der Waals surface area contributed by atoms with Crippen LogP contribution in [0.2, 0.25) is 0 Å². The van der Waals surface area contributed by atoms with Crippen LogP contribution in [0.25, 0.3) is 0 Å². The third-order valence-corrected chi connectivity index (χ3v) is 2.93. The number of carbonyl (C=O) groups is 1. The molecule has 0 fully saturated rings.